The number of hydrogen-bond acceptors (Lipinski definition) is 6. The summed E-state index contributed by atoms with van der Waals surface area (Å²) in [5.74, 6) is 0. The summed E-state index contributed by atoms with van der Waals surface area (Å²) < 4.78 is 10.9. The average molecular weight is 402 g/mol. The van der Waals surface area contributed by atoms with Gasteiger partial charge in [0.2, 0.25) is 0 Å². The Balaban J connectivity index is 0.000000293. The molecule has 0 fully saturated rings. The summed E-state index contributed by atoms with van der Waals surface area (Å²) in [4.78, 5) is 0. The van der Waals surface area contributed by atoms with Crippen LogP contribution in [0.25, 0.3) is 16.9 Å². The van der Waals surface area contributed by atoms with Crippen molar-refractivity contribution in [2.75, 3.05) is 27.4 Å². The van der Waals surface area contributed by atoms with Gasteiger partial charge in [-0.3, -0.25) is 0 Å². The highest BCUT2D eigenvalue weighted by Gasteiger charge is 2.03. The molecule has 158 valence electrons. The van der Waals surface area contributed by atoms with Gasteiger partial charge in [0.1, 0.15) is 5.69 Å². The Morgan fingerprint density at radius 2 is 1.31 bits per heavy atom. The highest BCUT2D eigenvalue weighted by atomic mass is 16.5. The number of aliphatic hydroxyl groups excluding tert-OH is 2. The van der Waals surface area contributed by atoms with Gasteiger partial charge in [0.25, 0.3) is 0 Å². The highest BCUT2D eigenvalue weighted by Crippen LogP contribution is 2.16. The molecule has 0 aliphatic carbocycles. The average Bonchev–Trinajstić information content (AvgIpc) is 3.20. The largest absolute Gasteiger partial charge is 0.391 e. The Labute approximate surface area is 172 Å². The van der Waals surface area contributed by atoms with Gasteiger partial charge in [-0.25, -0.2) is 4.68 Å². The second-order valence-electron chi connectivity index (χ2n) is 6.36. The zero-order valence-corrected chi connectivity index (χ0v) is 17.5. The number of ether oxygens (including phenoxy) is 2. The van der Waals surface area contributed by atoms with Crippen molar-refractivity contribution in [1.82, 2.24) is 15.0 Å². The molecule has 0 bridgehead atoms. The fraction of sp³-hybridized carbons (Fsp3) is 0.364. The maximum Gasteiger partial charge on any atom is 0.113 e. The van der Waals surface area contributed by atoms with Crippen LogP contribution in [0.4, 0.5) is 0 Å². The lowest BCUT2D eigenvalue weighted by Crippen LogP contribution is -2.07. The molecule has 1 heterocycles. The first-order chi connectivity index (χ1) is 14.0. The van der Waals surface area contributed by atoms with E-state index in [4.69, 9.17) is 10.2 Å². The maximum atomic E-state index is 8.43. The molecule has 29 heavy (non-hydrogen) atoms. The van der Waals surface area contributed by atoms with E-state index in [0.29, 0.717) is 13.2 Å². The van der Waals surface area contributed by atoms with E-state index in [1.54, 1.807) is 32.7 Å². The number of nitrogens with zero attached hydrogens (tertiary/aromatic N) is 3. The number of aromatic nitrogens is 3. The topological polar surface area (TPSA) is 89.6 Å². The van der Waals surface area contributed by atoms with Gasteiger partial charge in [0.15, 0.2) is 0 Å². The third-order valence-corrected chi connectivity index (χ3v) is 3.40. The Morgan fingerprint density at radius 1 is 0.828 bits per heavy atom. The van der Waals surface area contributed by atoms with E-state index in [-0.39, 0.29) is 12.2 Å². The summed E-state index contributed by atoms with van der Waals surface area (Å²) >= 11 is 0. The van der Waals surface area contributed by atoms with E-state index in [1.807, 2.05) is 66.9 Å². The minimum Gasteiger partial charge on any atom is -0.391 e. The zero-order valence-electron chi connectivity index (χ0n) is 17.5. The summed E-state index contributed by atoms with van der Waals surface area (Å²) in [5, 5.41) is 25.2. The third kappa shape index (κ3) is 10.5. The molecule has 7 nitrogen and oxygen atoms in total. The molecular weight excluding hydrogens is 370 g/mol. The van der Waals surface area contributed by atoms with Gasteiger partial charge in [-0.15, -0.1) is 5.10 Å². The van der Waals surface area contributed by atoms with Crippen LogP contribution in [0.2, 0.25) is 0 Å². The summed E-state index contributed by atoms with van der Waals surface area (Å²) in [6.07, 6.45) is 1.29. The summed E-state index contributed by atoms with van der Waals surface area (Å²) in [6.45, 7) is 4.23. The van der Waals surface area contributed by atoms with Gasteiger partial charge in [-0.05, 0) is 26.0 Å². The molecule has 0 saturated heterocycles. The van der Waals surface area contributed by atoms with Crippen molar-refractivity contribution in [2.45, 2.75) is 26.1 Å². The first-order valence-corrected chi connectivity index (χ1v) is 9.35. The van der Waals surface area contributed by atoms with Gasteiger partial charge in [0.05, 0.1) is 37.3 Å². The van der Waals surface area contributed by atoms with Gasteiger partial charge in [-0.2, -0.15) is 0 Å². The van der Waals surface area contributed by atoms with Gasteiger partial charge in [0, 0.05) is 19.8 Å². The highest BCUT2D eigenvalue weighted by molar-refractivity contribution is 5.57. The van der Waals surface area contributed by atoms with Crippen LogP contribution in [0.1, 0.15) is 13.8 Å². The number of rotatable bonds is 6. The van der Waals surface area contributed by atoms with Crippen molar-refractivity contribution in [3.8, 4) is 16.9 Å². The van der Waals surface area contributed by atoms with Crippen molar-refractivity contribution in [2.24, 2.45) is 0 Å². The van der Waals surface area contributed by atoms with Crippen molar-refractivity contribution < 1.29 is 19.7 Å². The summed E-state index contributed by atoms with van der Waals surface area (Å²) in [6, 6.07) is 20.0. The standard InChI is InChI=1S/C14H11N3.2C4H10O2/c1-3-7-12(8-4-1)14-11-17(16-15-14)13-9-5-2-6-10-13;2*1-4(5)3-6-2/h1-11H;2*4-5H,3H2,1-2H3. The van der Waals surface area contributed by atoms with Crippen LogP contribution < -0.4 is 0 Å². The number of hydrogen-bond donors (Lipinski definition) is 2. The normalized spacial score (nSPS) is 12.1. The number of methoxy groups -OCH3 is 2. The second kappa shape index (κ2) is 14.4. The van der Waals surface area contributed by atoms with Gasteiger partial charge >= 0.3 is 0 Å². The van der Waals surface area contributed by atoms with Crippen LogP contribution in [0.15, 0.2) is 66.9 Å². The Hall–Kier alpha value is -2.58. The van der Waals surface area contributed by atoms with E-state index in [0.717, 1.165) is 16.9 Å². The van der Waals surface area contributed by atoms with E-state index in [1.165, 1.54) is 0 Å². The molecule has 0 radical (unpaired) electrons. The quantitative estimate of drug-likeness (QED) is 0.660. The van der Waals surface area contributed by atoms with Crippen molar-refractivity contribution in [3.63, 3.8) is 0 Å². The second-order valence-corrected chi connectivity index (χ2v) is 6.36. The van der Waals surface area contributed by atoms with Gasteiger partial charge in [-0.1, -0.05) is 53.7 Å². The first kappa shape index (κ1) is 24.5. The predicted octanol–water partition coefficient (Wildman–Crippen LogP) is 2.96. The molecular formula is C22H31N3O4. The third-order valence-electron chi connectivity index (χ3n) is 3.40. The molecule has 2 N–H and O–H groups in total. The van der Waals surface area contributed by atoms with Crippen molar-refractivity contribution in [1.29, 1.82) is 0 Å². The molecule has 3 rings (SSSR count). The van der Waals surface area contributed by atoms with Crippen LogP contribution in [-0.4, -0.2) is 64.8 Å². The molecule has 3 aromatic rings. The zero-order chi connectivity index (χ0) is 21.5. The Bertz CT molecular complexity index is 698. The van der Waals surface area contributed by atoms with Gasteiger partial charge < -0.3 is 19.7 Å². The number of para-hydroxylation sites is 1. The monoisotopic (exact) mass is 401 g/mol. The molecule has 0 saturated carbocycles. The smallest absolute Gasteiger partial charge is 0.113 e. The molecule has 1 aromatic heterocycles. The first-order valence-electron chi connectivity index (χ1n) is 9.35. The lowest BCUT2D eigenvalue weighted by molar-refractivity contribution is 0.0764. The maximum absolute atomic E-state index is 8.43. The fourth-order valence-corrected chi connectivity index (χ4v) is 2.19. The molecule has 2 unspecified atom stereocenters. The van der Waals surface area contributed by atoms with E-state index in [2.05, 4.69) is 19.8 Å². The minimum absolute atomic E-state index is 0.324. The number of benzene rings is 2. The summed E-state index contributed by atoms with van der Waals surface area (Å²) in [7, 11) is 3.12. The number of aliphatic hydroxyl groups is 2. The molecule has 0 amide bonds. The van der Waals surface area contributed by atoms with E-state index in [9.17, 15) is 0 Å². The van der Waals surface area contributed by atoms with E-state index >= 15 is 0 Å². The molecule has 2 atom stereocenters. The molecule has 2 aromatic carbocycles. The fourth-order valence-electron chi connectivity index (χ4n) is 2.19. The van der Waals surface area contributed by atoms with Crippen LogP contribution in [0.5, 0.6) is 0 Å². The molecule has 0 spiro atoms. The predicted molar refractivity (Wildman–Crippen MR) is 114 cm³/mol. The lowest BCUT2D eigenvalue weighted by atomic mass is 10.2. The van der Waals surface area contributed by atoms with Crippen molar-refractivity contribution >= 4 is 0 Å². The van der Waals surface area contributed by atoms with Crippen LogP contribution >= 0.6 is 0 Å². The van der Waals surface area contributed by atoms with Crippen LogP contribution in [0.3, 0.4) is 0 Å². The van der Waals surface area contributed by atoms with Crippen LogP contribution in [-0.2, 0) is 9.47 Å². The summed E-state index contributed by atoms with van der Waals surface area (Å²) in [5.41, 5.74) is 2.98. The molecule has 7 heteroatoms. The SMILES string of the molecule is COCC(C)O.COCC(C)O.c1ccc(-c2cn(-c3ccccc3)nn2)cc1. The molecule has 0 aliphatic heterocycles. The lowest BCUT2D eigenvalue weighted by Gasteiger charge is -1.97. The van der Waals surface area contributed by atoms with E-state index < -0.39 is 0 Å². The Kier molecular flexibility index (Phi) is 12.2. The van der Waals surface area contributed by atoms with Crippen LogP contribution in [0, 0.1) is 0 Å². The Morgan fingerprint density at radius 3 is 1.72 bits per heavy atom. The minimum atomic E-state index is -0.324. The van der Waals surface area contributed by atoms with Crippen molar-refractivity contribution in [3.05, 3.63) is 66.9 Å². The molecule has 0 aliphatic rings.